The Kier molecular flexibility index (Phi) is 7.83. The third-order valence-electron chi connectivity index (χ3n) is 5.22. The number of halogens is 1. The van der Waals surface area contributed by atoms with Gasteiger partial charge in [-0.1, -0.05) is 31.4 Å². The molecule has 0 bridgehead atoms. The van der Waals surface area contributed by atoms with E-state index in [1.807, 2.05) is 12.1 Å². The fourth-order valence-corrected chi connectivity index (χ4v) is 5.75. The molecule has 1 aliphatic carbocycles. The van der Waals surface area contributed by atoms with Crippen LogP contribution in [0.25, 0.3) is 0 Å². The predicted molar refractivity (Wildman–Crippen MR) is 131 cm³/mol. The number of anilines is 1. The zero-order valence-electron chi connectivity index (χ0n) is 16.6. The number of rotatable bonds is 5. The highest BCUT2D eigenvalue weighted by molar-refractivity contribution is 14.1. The van der Waals surface area contributed by atoms with Gasteiger partial charge in [0.15, 0.2) is 5.11 Å². The number of hydrogen-bond donors (Lipinski definition) is 2. The number of amides is 1. The molecule has 9 heteroatoms. The SMILES string of the molecule is CN(C1CCCCC1)S(=O)(=O)c1ccc(NC(=S)NC(=O)c2ccccc2I)cc1. The lowest BCUT2D eigenvalue weighted by Gasteiger charge is -2.30. The Morgan fingerprint density at radius 3 is 2.33 bits per heavy atom. The number of hydrogen-bond acceptors (Lipinski definition) is 4. The van der Waals surface area contributed by atoms with E-state index in [2.05, 4.69) is 33.2 Å². The molecule has 0 saturated heterocycles. The highest BCUT2D eigenvalue weighted by atomic mass is 127. The smallest absolute Gasteiger partial charge is 0.258 e. The summed E-state index contributed by atoms with van der Waals surface area (Å²) in [6.45, 7) is 0. The van der Waals surface area contributed by atoms with Crippen molar-refractivity contribution < 1.29 is 13.2 Å². The maximum absolute atomic E-state index is 12.9. The minimum atomic E-state index is -3.54. The van der Waals surface area contributed by atoms with Crippen LogP contribution in [0.4, 0.5) is 5.69 Å². The first-order chi connectivity index (χ1) is 14.3. The molecule has 6 nitrogen and oxygen atoms in total. The van der Waals surface area contributed by atoms with E-state index in [9.17, 15) is 13.2 Å². The summed E-state index contributed by atoms with van der Waals surface area (Å²) in [5.41, 5.74) is 1.14. The van der Waals surface area contributed by atoms with E-state index in [-0.39, 0.29) is 22.0 Å². The lowest BCUT2D eigenvalue weighted by molar-refractivity contribution is 0.0977. The van der Waals surface area contributed by atoms with E-state index in [4.69, 9.17) is 12.2 Å². The van der Waals surface area contributed by atoms with Gasteiger partial charge in [-0.05, 0) is 84.0 Å². The van der Waals surface area contributed by atoms with Gasteiger partial charge < -0.3 is 5.32 Å². The molecule has 1 amide bonds. The van der Waals surface area contributed by atoms with E-state index in [1.165, 1.54) is 10.7 Å². The van der Waals surface area contributed by atoms with Crippen molar-refractivity contribution in [2.45, 2.75) is 43.0 Å². The highest BCUT2D eigenvalue weighted by Gasteiger charge is 2.28. The summed E-state index contributed by atoms with van der Waals surface area (Å²) in [4.78, 5) is 12.6. The molecule has 2 aromatic rings. The van der Waals surface area contributed by atoms with Gasteiger partial charge >= 0.3 is 0 Å². The molecule has 0 spiro atoms. The Morgan fingerprint density at radius 2 is 1.70 bits per heavy atom. The molecule has 0 atom stereocenters. The van der Waals surface area contributed by atoms with Crippen LogP contribution in [0.3, 0.4) is 0 Å². The fraction of sp³-hybridized carbons (Fsp3) is 0.333. The van der Waals surface area contributed by atoms with Gasteiger partial charge in [0.25, 0.3) is 5.91 Å². The lowest BCUT2D eigenvalue weighted by Crippen LogP contribution is -2.38. The van der Waals surface area contributed by atoms with Crippen LogP contribution in [-0.2, 0) is 10.0 Å². The molecule has 0 aliphatic heterocycles. The summed E-state index contributed by atoms with van der Waals surface area (Å²) < 4.78 is 28.2. The lowest BCUT2D eigenvalue weighted by atomic mass is 9.96. The second-order valence-electron chi connectivity index (χ2n) is 7.23. The number of nitrogens with one attached hydrogen (secondary N) is 2. The molecule has 1 saturated carbocycles. The van der Waals surface area contributed by atoms with Crippen molar-refractivity contribution in [2.24, 2.45) is 0 Å². The molecule has 0 aromatic heterocycles. The van der Waals surface area contributed by atoms with Gasteiger partial charge in [-0.15, -0.1) is 0 Å². The van der Waals surface area contributed by atoms with Crippen LogP contribution in [0.5, 0.6) is 0 Å². The first-order valence-corrected chi connectivity index (χ1v) is 12.7. The molecular formula is C21H24IN3O3S2. The summed E-state index contributed by atoms with van der Waals surface area (Å²) in [6, 6.07) is 13.7. The van der Waals surface area contributed by atoms with Crippen molar-refractivity contribution in [3.8, 4) is 0 Å². The molecule has 0 unspecified atom stereocenters. The van der Waals surface area contributed by atoms with Crippen LogP contribution >= 0.6 is 34.8 Å². The van der Waals surface area contributed by atoms with E-state index in [0.29, 0.717) is 11.3 Å². The Morgan fingerprint density at radius 1 is 1.07 bits per heavy atom. The van der Waals surface area contributed by atoms with Gasteiger partial charge in [0, 0.05) is 22.3 Å². The Balaban J connectivity index is 1.63. The van der Waals surface area contributed by atoms with Crippen LogP contribution in [0.1, 0.15) is 42.5 Å². The average molecular weight is 557 g/mol. The normalized spacial score (nSPS) is 15.0. The Bertz CT molecular complexity index is 1020. The second kappa shape index (κ2) is 10.2. The summed E-state index contributed by atoms with van der Waals surface area (Å²) in [6.07, 6.45) is 5.12. The minimum absolute atomic E-state index is 0.0603. The summed E-state index contributed by atoms with van der Waals surface area (Å²) in [5, 5.41) is 5.71. The minimum Gasteiger partial charge on any atom is -0.332 e. The zero-order chi connectivity index (χ0) is 21.7. The summed E-state index contributed by atoms with van der Waals surface area (Å²) in [7, 11) is -1.88. The van der Waals surface area contributed by atoms with Crippen molar-refractivity contribution in [1.82, 2.24) is 9.62 Å². The van der Waals surface area contributed by atoms with Crippen molar-refractivity contribution in [3.63, 3.8) is 0 Å². The molecule has 160 valence electrons. The molecule has 30 heavy (non-hydrogen) atoms. The Labute approximate surface area is 196 Å². The first-order valence-electron chi connectivity index (χ1n) is 9.74. The number of thiocarbonyl (C=S) groups is 1. The number of nitrogens with zero attached hydrogens (tertiary/aromatic N) is 1. The van der Waals surface area contributed by atoms with Gasteiger partial charge in [-0.25, -0.2) is 8.42 Å². The number of carbonyl (C=O) groups excluding carboxylic acids is 1. The number of carbonyl (C=O) groups is 1. The topological polar surface area (TPSA) is 78.5 Å². The van der Waals surface area contributed by atoms with Crippen molar-refractivity contribution >= 4 is 61.5 Å². The molecule has 2 aromatic carbocycles. The molecule has 2 N–H and O–H groups in total. The van der Waals surface area contributed by atoms with E-state index in [1.54, 1.807) is 43.4 Å². The molecular weight excluding hydrogens is 533 g/mol. The molecule has 0 heterocycles. The number of sulfonamides is 1. The van der Waals surface area contributed by atoms with Gasteiger partial charge in [0.1, 0.15) is 0 Å². The van der Waals surface area contributed by atoms with Gasteiger partial charge in [-0.2, -0.15) is 4.31 Å². The molecule has 0 radical (unpaired) electrons. The van der Waals surface area contributed by atoms with Crippen LogP contribution in [0.15, 0.2) is 53.4 Å². The fourth-order valence-electron chi connectivity index (χ4n) is 3.50. The zero-order valence-corrected chi connectivity index (χ0v) is 20.4. The van der Waals surface area contributed by atoms with E-state index >= 15 is 0 Å². The van der Waals surface area contributed by atoms with E-state index in [0.717, 1.165) is 29.3 Å². The molecule has 3 rings (SSSR count). The summed E-state index contributed by atoms with van der Waals surface area (Å²) >= 11 is 7.31. The number of benzene rings is 2. The van der Waals surface area contributed by atoms with Gasteiger partial charge in [0.2, 0.25) is 10.0 Å². The third-order valence-corrected chi connectivity index (χ3v) is 8.29. The highest BCUT2D eigenvalue weighted by Crippen LogP contribution is 2.27. The van der Waals surface area contributed by atoms with Crippen LogP contribution in [0, 0.1) is 3.57 Å². The second-order valence-corrected chi connectivity index (χ2v) is 10.8. The quantitative estimate of drug-likeness (QED) is 0.422. The Hall–Kier alpha value is -1.56. The van der Waals surface area contributed by atoms with Crippen molar-refractivity contribution in [1.29, 1.82) is 0 Å². The third kappa shape index (κ3) is 5.57. The van der Waals surface area contributed by atoms with E-state index < -0.39 is 10.0 Å². The maximum Gasteiger partial charge on any atom is 0.258 e. The van der Waals surface area contributed by atoms with Gasteiger partial charge in [-0.3, -0.25) is 10.1 Å². The van der Waals surface area contributed by atoms with Gasteiger partial charge in [0.05, 0.1) is 10.5 Å². The maximum atomic E-state index is 12.9. The molecule has 1 fully saturated rings. The van der Waals surface area contributed by atoms with Crippen LogP contribution in [-0.4, -0.2) is 36.8 Å². The van der Waals surface area contributed by atoms with Crippen LogP contribution in [0.2, 0.25) is 0 Å². The molecule has 1 aliphatic rings. The van der Waals surface area contributed by atoms with Crippen molar-refractivity contribution in [3.05, 3.63) is 57.7 Å². The standard InChI is InChI=1S/C21H24IN3O3S2/c1-25(16-7-3-2-4-8-16)30(27,28)17-13-11-15(12-14-17)23-21(29)24-20(26)18-9-5-6-10-19(18)22/h5-6,9-14,16H,2-4,7-8H2,1H3,(H2,23,24,26,29). The largest absolute Gasteiger partial charge is 0.332 e. The monoisotopic (exact) mass is 557 g/mol. The van der Waals surface area contributed by atoms with Crippen molar-refractivity contribution in [2.75, 3.05) is 12.4 Å². The first kappa shape index (κ1) is 23.1. The average Bonchev–Trinajstić information content (AvgIpc) is 2.74. The predicted octanol–water partition coefficient (Wildman–Crippen LogP) is 4.37. The summed E-state index contributed by atoms with van der Waals surface area (Å²) in [5.74, 6) is -0.300. The van der Waals surface area contributed by atoms with Crippen LogP contribution < -0.4 is 10.6 Å².